The molecule has 0 amide bonds. The minimum absolute atomic E-state index is 0.688. The van der Waals surface area contributed by atoms with Gasteiger partial charge in [-0.1, -0.05) is 23.4 Å². The van der Waals surface area contributed by atoms with E-state index in [0.29, 0.717) is 5.82 Å². The zero-order valence-corrected chi connectivity index (χ0v) is 21.1. The van der Waals surface area contributed by atoms with E-state index in [0.717, 1.165) is 78.6 Å². The maximum absolute atomic E-state index is 5.84. The smallest absolute Gasteiger partial charge is 0.142 e. The number of aromatic nitrogens is 6. The summed E-state index contributed by atoms with van der Waals surface area (Å²) in [5.74, 6) is 2.17. The van der Waals surface area contributed by atoms with Gasteiger partial charge in [-0.15, -0.1) is 0 Å². The number of ether oxygens (including phenoxy) is 1. The highest BCUT2D eigenvalue weighted by Crippen LogP contribution is 2.42. The van der Waals surface area contributed by atoms with Gasteiger partial charge in [0.2, 0.25) is 0 Å². The Morgan fingerprint density at radius 2 is 1.69 bits per heavy atom. The monoisotopic (exact) mass is 478 g/mol. The molecule has 0 fully saturated rings. The summed E-state index contributed by atoms with van der Waals surface area (Å²) in [4.78, 5) is 13.2. The lowest BCUT2D eigenvalue weighted by atomic mass is 9.99. The number of fused-ring (bicyclic) bond motifs is 3. The predicted molar refractivity (Wildman–Crippen MR) is 140 cm³/mol. The Bertz CT molecular complexity index is 1760. The molecule has 4 aromatic heterocycles. The van der Waals surface area contributed by atoms with Crippen molar-refractivity contribution in [2.75, 3.05) is 7.11 Å². The van der Waals surface area contributed by atoms with Gasteiger partial charge in [-0.05, 0) is 58.9 Å². The van der Waals surface area contributed by atoms with Gasteiger partial charge in [0.05, 0.1) is 46.5 Å². The van der Waals surface area contributed by atoms with Crippen LogP contribution < -0.4 is 4.74 Å². The van der Waals surface area contributed by atoms with E-state index in [4.69, 9.17) is 24.3 Å². The van der Waals surface area contributed by atoms with Crippen molar-refractivity contribution in [1.82, 2.24) is 29.9 Å². The molecule has 0 atom stereocenters. The summed E-state index contributed by atoms with van der Waals surface area (Å²) in [5.41, 5.74) is 9.18. The molecule has 0 aliphatic heterocycles. The Morgan fingerprint density at radius 1 is 0.917 bits per heavy atom. The van der Waals surface area contributed by atoms with E-state index in [1.54, 1.807) is 7.11 Å². The van der Waals surface area contributed by atoms with Gasteiger partial charge in [0.15, 0.2) is 0 Å². The van der Waals surface area contributed by atoms with Crippen LogP contribution in [0.3, 0.4) is 0 Å². The normalized spacial score (nSPS) is 11.6. The molecule has 0 saturated carbocycles. The highest BCUT2D eigenvalue weighted by molar-refractivity contribution is 6.14. The average Bonchev–Trinajstić information content (AvgIpc) is 3.49. The van der Waals surface area contributed by atoms with Crippen LogP contribution >= 0.6 is 0 Å². The molecule has 0 bridgehead atoms. The summed E-state index contributed by atoms with van der Waals surface area (Å²) >= 11 is 0. The van der Waals surface area contributed by atoms with Crippen molar-refractivity contribution < 1.29 is 9.26 Å². The number of hydrogen-bond donors (Lipinski definition) is 1. The molecule has 0 spiro atoms. The van der Waals surface area contributed by atoms with Crippen LogP contribution in [0.4, 0.5) is 0 Å². The first kappa shape index (κ1) is 22.0. The molecule has 0 saturated heterocycles. The quantitative estimate of drug-likeness (QED) is 0.326. The van der Waals surface area contributed by atoms with Gasteiger partial charge < -0.3 is 14.2 Å². The number of benzene rings is 2. The van der Waals surface area contributed by atoms with E-state index in [1.165, 1.54) is 0 Å². The Morgan fingerprint density at radius 3 is 2.39 bits per heavy atom. The number of methoxy groups -OCH3 is 1. The number of rotatable bonds is 4. The fraction of sp³-hybridized carbons (Fsp3) is 0.214. The van der Waals surface area contributed by atoms with Crippen molar-refractivity contribution in [2.45, 2.75) is 34.6 Å². The van der Waals surface area contributed by atoms with Gasteiger partial charge >= 0.3 is 0 Å². The molecule has 1 N–H and O–H groups in total. The van der Waals surface area contributed by atoms with E-state index >= 15 is 0 Å². The van der Waals surface area contributed by atoms with Gasteiger partial charge in [-0.3, -0.25) is 0 Å². The molecule has 0 aliphatic carbocycles. The topological polar surface area (TPSA) is 94.7 Å². The van der Waals surface area contributed by atoms with Crippen LogP contribution in [-0.4, -0.2) is 37.0 Å². The van der Waals surface area contributed by atoms with Crippen LogP contribution in [0.25, 0.3) is 50.0 Å². The molecule has 6 rings (SSSR count). The van der Waals surface area contributed by atoms with Crippen molar-refractivity contribution in [3.63, 3.8) is 0 Å². The number of hydrogen-bond acceptors (Lipinski definition) is 6. The van der Waals surface area contributed by atoms with Crippen LogP contribution in [0.15, 0.2) is 47.0 Å². The number of nitrogens with zero attached hydrogens (tertiary/aromatic N) is 5. The average molecular weight is 479 g/mol. The Labute approximate surface area is 207 Å². The first-order chi connectivity index (χ1) is 17.4. The number of aromatic amines is 1. The fourth-order valence-corrected chi connectivity index (χ4v) is 5.15. The van der Waals surface area contributed by atoms with Crippen LogP contribution in [-0.2, 0) is 0 Å². The standard InChI is InChI=1S/C28H26N6O2/c1-14-24(16(3)34(32-14)19-10-8-7-9-11-19)27-26-20-13-23(35-6)21(25-15(2)33-36-17(25)4)12-22(20)31-28(26)30-18(5)29-27/h7-13H,1-6H3,(H,29,30,31). The molecule has 2 aromatic carbocycles. The third-order valence-corrected chi connectivity index (χ3v) is 6.71. The number of aryl methyl sites for hydroxylation is 4. The van der Waals surface area contributed by atoms with E-state index < -0.39 is 0 Å². The highest BCUT2D eigenvalue weighted by Gasteiger charge is 2.24. The van der Waals surface area contributed by atoms with E-state index in [-0.39, 0.29) is 0 Å². The van der Waals surface area contributed by atoms with Gasteiger partial charge in [-0.25, -0.2) is 14.6 Å². The third-order valence-electron chi connectivity index (χ3n) is 6.71. The molecule has 6 aromatic rings. The second-order valence-corrected chi connectivity index (χ2v) is 9.06. The van der Waals surface area contributed by atoms with Gasteiger partial charge in [-0.2, -0.15) is 5.10 Å². The molecular formula is C28H26N6O2. The molecule has 8 nitrogen and oxygen atoms in total. The van der Waals surface area contributed by atoms with Crippen LogP contribution in [0, 0.1) is 34.6 Å². The molecule has 0 aliphatic rings. The zero-order valence-electron chi connectivity index (χ0n) is 21.1. The minimum Gasteiger partial charge on any atom is -0.496 e. The molecule has 0 radical (unpaired) electrons. The second-order valence-electron chi connectivity index (χ2n) is 9.06. The molecule has 180 valence electrons. The lowest BCUT2D eigenvalue weighted by molar-refractivity contribution is 0.393. The molecule has 36 heavy (non-hydrogen) atoms. The summed E-state index contributed by atoms with van der Waals surface area (Å²) in [5, 5.41) is 10.9. The molecule has 8 heteroatoms. The van der Waals surface area contributed by atoms with Crippen molar-refractivity contribution >= 4 is 21.9 Å². The maximum atomic E-state index is 5.84. The first-order valence-electron chi connectivity index (χ1n) is 11.8. The van der Waals surface area contributed by atoms with Gasteiger partial charge in [0.1, 0.15) is 23.0 Å². The van der Waals surface area contributed by atoms with E-state index in [1.807, 2.05) is 56.6 Å². The van der Waals surface area contributed by atoms with Crippen molar-refractivity contribution in [3.05, 3.63) is 71.1 Å². The SMILES string of the molecule is COc1cc2c(cc1-c1c(C)noc1C)[nH]c1nc(C)nc(-c3c(C)nn(-c4ccccc4)c3C)c12. The fourth-order valence-electron chi connectivity index (χ4n) is 5.15. The highest BCUT2D eigenvalue weighted by atomic mass is 16.5. The summed E-state index contributed by atoms with van der Waals surface area (Å²) in [6.45, 7) is 9.86. The molecular weight excluding hydrogens is 452 g/mol. The van der Waals surface area contributed by atoms with Gasteiger partial charge in [0.25, 0.3) is 0 Å². The largest absolute Gasteiger partial charge is 0.496 e. The Kier molecular flexibility index (Phi) is 4.93. The van der Waals surface area contributed by atoms with E-state index in [2.05, 4.69) is 35.3 Å². The van der Waals surface area contributed by atoms with Crippen molar-refractivity contribution in [2.24, 2.45) is 0 Å². The summed E-state index contributed by atoms with van der Waals surface area (Å²) in [6.07, 6.45) is 0. The number of H-pyrrole nitrogens is 1. The second kappa shape index (κ2) is 8.05. The van der Waals surface area contributed by atoms with E-state index in [9.17, 15) is 0 Å². The minimum atomic E-state index is 0.688. The lowest BCUT2D eigenvalue weighted by Crippen LogP contribution is -1.99. The predicted octanol–water partition coefficient (Wildman–Crippen LogP) is 6.17. The third kappa shape index (κ3) is 3.21. The van der Waals surface area contributed by atoms with Crippen molar-refractivity contribution in [1.29, 1.82) is 0 Å². The summed E-state index contributed by atoms with van der Waals surface area (Å²) < 4.78 is 13.2. The first-order valence-corrected chi connectivity index (χ1v) is 11.8. The molecule has 0 unspecified atom stereocenters. The summed E-state index contributed by atoms with van der Waals surface area (Å²) in [7, 11) is 1.68. The lowest BCUT2D eigenvalue weighted by Gasteiger charge is -2.10. The van der Waals surface area contributed by atoms with Crippen LogP contribution in [0.5, 0.6) is 5.75 Å². The number of nitrogens with one attached hydrogen (secondary N) is 1. The van der Waals surface area contributed by atoms with Gasteiger partial charge in [0, 0.05) is 22.0 Å². The maximum Gasteiger partial charge on any atom is 0.142 e. The van der Waals surface area contributed by atoms with Crippen LogP contribution in [0.2, 0.25) is 0 Å². The van der Waals surface area contributed by atoms with Crippen LogP contribution in [0.1, 0.15) is 28.7 Å². The Balaban J connectivity index is 1.65. The summed E-state index contributed by atoms with van der Waals surface area (Å²) in [6, 6.07) is 14.3. The Hall–Kier alpha value is -4.46. The number of para-hydroxylation sites is 1. The van der Waals surface area contributed by atoms with Crippen molar-refractivity contribution in [3.8, 4) is 33.8 Å². The zero-order chi connectivity index (χ0) is 25.1. The molecule has 4 heterocycles.